The minimum Gasteiger partial charge on any atom is -0.488 e. The number of hydrogen-bond acceptors (Lipinski definition) is 4. The van der Waals surface area contributed by atoms with Crippen molar-refractivity contribution in [3.63, 3.8) is 0 Å². The van der Waals surface area contributed by atoms with E-state index in [0.29, 0.717) is 20.0 Å². The van der Waals surface area contributed by atoms with E-state index < -0.39 is 5.82 Å². The number of thioether (sulfide) groups is 1. The third-order valence-electron chi connectivity index (χ3n) is 4.28. The summed E-state index contributed by atoms with van der Waals surface area (Å²) in [6.45, 7) is -0.0300. The number of thiocarbonyl (C=S) groups is 1. The molecule has 7 heteroatoms. The van der Waals surface area contributed by atoms with Crippen LogP contribution in [0.15, 0.2) is 59.5 Å². The van der Waals surface area contributed by atoms with E-state index in [1.165, 1.54) is 17.8 Å². The third kappa shape index (κ3) is 3.76. The number of halogens is 2. The van der Waals surface area contributed by atoms with Gasteiger partial charge >= 0.3 is 0 Å². The van der Waals surface area contributed by atoms with E-state index in [9.17, 15) is 9.18 Å². The Bertz CT molecular complexity index is 1130. The maximum atomic E-state index is 14.1. The Balaban J connectivity index is 1.77. The van der Waals surface area contributed by atoms with E-state index in [1.807, 2.05) is 30.3 Å². The van der Waals surface area contributed by atoms with Crippen molar-refractivity contribution < 1.29 is 13.9 Å². The van der Waals surface area contributed by atoms with Crippen LogP contribution in [0.4, 0.5) is 4.39 Å². The first-order valence-electron chi connectivity index (χ1n) is 8.35. The molecule has 0 aliphatic carbocycles. The summed E-state index contributed by atoms with van der Waals surface area (Å²) >= 11 is 12.4. The predicted molar refractivity (Wildman–Crippen MR) is 116 cm³/mol. The summed E-state index contributed by atoms with van der Waals surface area (Å²) in [5, 5.41) is 4.82. The molecule has 1 aliphatic heterocycles. The summed E-state index contributed by atoms with van der Waals surface area (Å²) in [4.78, 5) is 12.6. The second-order valence-corrected chi connectivity index (χ2v) is 8.17. The van der Waals surface area contributed by atoms with Gasteiger partial charge in [0, 0.05) is 11.1 Å². The van der Waals surface area contributed by atoms with Crippen LogP contribution in [0.5, 0.6) is 5.75 Å². The van der Waals surface area contributed by atoms with E-state index >= 15 is 0 Å². The number of amides is 1. The number of carbonyl (C=O) groups excluding carboxylic acids is 1. The van der Waals surface area contributed by atoms with Crippen LogP contribution in [0.2, 0.25) is 5.02 Å². The van der Waals surface area contributed by atoms with Gasteiger partial charge in [-0.2, -0.15) is 0 Å². The molecule has 3 nitrogen and oxygen atoms in total. The van der Waals surface area contributed by atoms with Gasteiger partial charge in [0.15, 0.2) is 0 Å². The molecule has 1 saturated heterocycles. The van der Waals surface area contributed by atoms with Crippen LogP contribution in [-0.2, 0) is 11.4 Å². The van der Waals surface area contributed by atoms with Crippen LogP contribution >= 0.6 is 35.6 Å². The van der Waals surface area contributed by atoms with Gasteiger partial charge in [0.1, 0.15) is 22.5 Å². The number of nitrogens with one attached hydrogen (secondary N) is 1. The fourth-order valence-corrected chi connectivity index (χ4v) is 4.17. The van der Waals surface area contributed by atoms with Gasteiger partial charge in [-0.1, -0.05) is 72.0 Å². The molecule has 3 aromatic carbocycles. The average molecular weight is 430 g/mol. The first-order valence-corrected chi connectivity index (χ1v) is 9.95. The molecule has 1 heterocycles. The molecule has 4 rings (SSSR count). The molecule has 1 fully saturated rings. The fraction of sp³-hybridized carbons (Fsp3) is 0.0476. The molecule has 3 aromatic rings. The summed E-state index contributed by atoms with van der Waals surface area (Å²) in [6.07, 6.45) is 1.75. The molecule has 0 bridgehead atoms. The van der Waals surface area contributed by atoms with Gasteiger partial charge in [-0.15, -0.1) is 0 Å². The zero-order valence-corrected chi connectivity index (χ0v) is 16.8. The number of fused-ring (bicyclic) bond motifs is 1. The van der Waals surface area contributed by atoms with E-state index in [2.05, 4.69) is 5.32 Å². The third-order valence-corrected chi connectivity index (χ3v) is 5.80. The Morgan fingerprint density at radius 2 is 1.96 bits per heavy atom. The van der Waals surface area contributed by atoms with Crippen LogP contribution < -0.4 is 10.1 Å². The highest BCUT2D eigenvalue weighted by atomic mass is 35.5. The lowest BCUT2D eigenvalue weighted by Gasteiger charge is -2.13. The van der Waals surface area contributed by atoms with Crippen LogP contribution in [0.1, 0.15) is 11.1 Å². The largest absolute Gasteiger partial charge is 0.488 e. The zero-order valence-electron chi connectivity index (χ0n) is 14.4. The molecule has 1 amide bonds. The lowest BCUT2D eigenvalue weighted by molar-refractivity contribution is -0.115. The molecule has 1 N–H and O–H groups in total. The van der Waals surface area contributed by atoms with E-state index in [0.717, 1.165) is 16.3 Å². The van der Waals surface area contributed by atoms with Crippen molar-refractivity contribution in [1.29, 1.82) is 0 Å². The normalized spacial score (nSPS) is 15.3. The molecular weight excluding hydrogens is 417 g/mol. The summed E-state index contributed by atoms with van der Waals surface area (Å²) in [6, 6.07) is 16.0. The van der Waals surface area contributed by atoms with Crippen LogP contribution in [0.25, 0.3) is 16.8 Å². The van der Waals surface area contributed by atoms with E-state index in [-0.39, 0.29) is 18.1 Å². The molecule has 0 aromatic heterocycles. The Morgan fingerprint density at radius 1 is 1.14 bits per heavy atom. The molecule has 0 unspecified atom stereocenters. The van der Waals surface area contributed by atoms with E-state index in [1.54, 1.807) is 24.3 Å². The quantitative estimate of drug-likeness (QED) is 0.426. The highest BCUT2D eigenvalue weighted by Gasteiger charge is 2.23. The molecule has 28 heavy (non-hydrogen) atoms. The maximum Gasteiger partial charge on any atom is 0.263 e. The average Bonchev–Trinajstić information content (AvgIpc) is 2.99. The van der Waals surface area contributed by atoms with Gasteiger partial charge in [-0.3, -0.25) is 4.79 Å². The highest BCUT2D eigenvalue weighted by molar-refractivity contribution is 8.26. The van der Waals surface area contributed by atoms with Gasteiger partial charge in [0.05, 0.1) is 9.93 Å². The topological polar surface area (TPSA) is 38.3 Å². The van der Waals surface area contributed by atoms with Crippen molar-refractivity contribution in [3.8, 4) is 5.75 Å². The summed E-state index contributed by atoms with van der Waals surface area (Å²) < 4.78 is 20.4. The molecule has 140 valence electrons. The van der Waals surface area contributed by atoms with Gasteiger partial charge in [0.2, 0.25) is 0 Å². The fourth-order valence-electron chi connectivity index (χ4n) is 2.92. The number of carbonyl (C=O) groups is 1. The summed E-state index contributed by atoms with van der Waals surface area (Å²) in [5.41, 5.74) is 1.01. The molecule has 0 spiro atoms. The summed E-state index contributed by atoms with van der Waals surface area (Å²) in [5.74, 6) is -0.146. The number of ether oxygens (including phenoxy) is 1. The van der Waals surface area contributed by atoms with Gasteiger partial charge in [-0.25, -0.2) is 4.39 Å². The standard InChI is InChI=1S/C21H13ClFNO2S2/c22-16-6-3-7-17(23)15(16)11-26-18-9-8-12-4-1-2-5-13(12)14(18)10-19-20(25)24-21(27)28-19/h1-10H,11H2,(H,24,25,27). The minimum atomic E-state index is -0.427. The van der Waals surface area contributed by atoms with Crippen molar-refractivity contribution in [2.45, 2.75) is 6.61 Å². The smallest absolute Gasteiger partial charge is 0.263 e. The first kappa shape index (κ1) is 18.9. The maximum absolute atomic E-state index is 14.1. The van der Waals surface area contributed by atoms with Crippen molar-refractivity contribution in [1.82, 2.24) is 5.32 Å². The molecule has 0 atom stereocenters. The summed E-state index contributed by atoms with van der Waals surface area (Å²) in [7, 11) is 0. The minimum absolute atomic E-state index is 0.0300. The first-order chi connectivity index (χ1) is 13.5. The lowest BCUT2D eigenvalue weighted by Crippen LogP contribution is -2.17. The van der Waals surface area contributed by atoms with Crippen molar-refractivity contribution in [2.24, 2.45) is 0 Å². The molecule has 1 aliphatic rings. The van der Waals surface area contributed by atoms with Crippen molar-refractivity contribution >= 4 is 62.7 Å². The molecule has 0 saturated carbocycles. The Hall–Kier alpha value is -2.41. The lowest BCUT2D eigenvalue weighted by atomic mass is 10.0. The van der Waals surface area contributed by atoms with Crippen LogP contribution in [-0.4, -0.2) is 10.2 Å². The number of hydrogen-bond donors (Lipinski definition) is 1. The SMILES string of the molecule is O=C1NC(=S)SC1=Cc1c(OCc2c(F)cccc2Cl)ccc2ccccc12. The van der Waals surface area contributed by atoms with Gasteiger partial charge < -0.3 is 10.1 Å². The van der Waals surface area contributed by atoms with Gasteiger partial charge in [-0.05, 0) is 35.0 Å². The monoisotopic (exact) mass is 429 g/mol. The second-order valence-electron chi connectivity index (χ2n) is 6.04. The highest BCUT2D eigenvalue weighted by Crippen LogP contribution is 2.35. The zero-order chi connectivity index (χ0) is 19.7. The Labute approximate surface area is 175 Å². The van der Waals surface area contributed by atoms with Crippen molar-refractivity contribution in [2.75, 3.05) is 0 Å². The van der Waals surface area contributed by atoms with E-state index in [4.69, 9.17) is 28.6 Å². The predicted octanol–water partition coefficient (Wildman–Crippen LogP) is 5.70. The van der Waals surface area contributed by atoms with Crippen molar-refractivity contribution in [3.05, 3.63) is 81.5 Å². The number of rotatable bonds is 4. The Morgan fingerprint density at radius 3 is 2.71 bits per heavy atom. The second kappa shape index (κ2) is 7.91. The van der Waals surface area contributed by atoms with Crippen LogP contribution in [0, 0.1) is 5.82 Å². The molecular formula is C21H13ClFNO2S2. The number of benzene rings is 3. The van der Waals surface area contributed by atoms with Gasteiger partial charge in [0.25, 0.3) is 5.91 Å². The molecule has 0 radical (unpaired) electrons. The van der Waals surface area contributed by atoms with Crippen LogP contribution in [0.3, 0.4) is 0 Å². The Kier molecular flexibility index (Phi) is 5.35.